The van der Waals surface area contributed by atoms with Gasteiger partial charge in [0.1, 0.15) is 146 Å². The van der Waals surface area contributed by atoms with Crippen LogP contribution in [-0.4, -0.2) is 114 Å². The minimum atomic E-state index is -4.76. The fourth-order valence-corrected chi connectivity index (χ4v) is 20.5. The van der Waals surface area contributed by atoms with Gasteiger partial charge in [-0.1, -0.05) is 39.7 Å². The van der Waals surface area contributed by atoms with E-state index in [4.69, 9.17) is 64.4 Å². The Hall–Kier alpha value is -15.1. The lowest BCUT2D eigenvalue weighted by Gasteiger charge is -2.19. The van der Waals surface area contributed by atoms with Crippen LogP contribution in [0.3, 0.4) is 0 Å². The van der Waals surface area contributed by atoms with E-state index >= 15 is 0 Å². The number of pyridine rings is 4. The molecule has 0 spiro atoms. The average molecular weight is 1850 g/mol. The summed E-state index contributed by atoms with van der Waals surface area (Å²) in [6.07, 6.45) is 6.10. The summed E-state index contributed by atoms with van der Waals surface area (Å²) in [6.45, 7) is 0. The van der Waals surface area contributed by atoms with Gasteiger partial charge < -0.3 is 83.4 Å². The molecule has 8 aliphatic heterocycles. The van der Waals surface area contributed by atoms with Crippen molar-refractivity contribution in [3.05, 3.63) is 278 Å². The summed E-state index contributed by atoms with van der Waals surface area (Å²) in [6, 6.07) is 54.8. The highest BCUT2D eigenvalue weighted by atomic mass is 79.9. The van der Waals surface area contributed by atoms with E-state index < -0.39 is 6.36 Å². The third kappa shape index (κ3) is 14.2. The van der Waals surface area contributed by atoms with Gasteiger partial charge in [0.25, 0.3) is 0 Å². The van der Waals surface area contributed by atoms with Gasteiger partial charge in [-0.2, -0.15) is 0 Å². The second-order valence-corrected chi connectivity index (χ2v) is 35.8. The number of nitrogens with zero attached hydrogens (tertiary/aromatic N) is 9. The SMILES string of the molecule is Cn1c(C2C3Oc4ccc(Oc5ccnc6c5CCC(=O)N6)cc4C32)nc2ccccc21.O=C1CCc2c(Oc3ccc4c(c3)C3C(O4)C3c3nc4ccc(Br)cc4[nH]3)ccnc2N1.O=C1CCc2c(Oc3ccc4c(c3)C3C(O4)C3c3nc4ccc(Cl)cc4[nH]3)ccnc2N1.O=C1CCc2c(Oc3ccc4c(c3)C3C(O4)C3c3nc4ccc(OC(F)(F)F)cc4[nH]3)ccnc2N1. The van der Waals surface area contributed by atoms with E-state index in [-0.39, 0.29) is 101 Å². The molecule has 12 atom stereocenters. The Morgan fingerprint density at radius 3 is 1.12 bits per heavy atom. The summed E-state index contributed by atoms with van der Waals surface area (Å²) in [5, 5.41) is 11.9. The highest BCUT2D eigenvalue weighted by molar-refractivity contribution is 9.10. The number of rotatable bonds is 13. The topological polar surface area (TPSA) is 355 Å². The highest BCUT2D eigenvalue weighted by Gasteiger charge is 2.64. The van der Waals surface area contributed by atoms with Gasteiger partial charge in [0.05, 0.1) is 67.8 Å². The van der Waals surface area contributed by atoms with Crippen LogP contribution in [0.15, 0.2) is 205 Å². The zero-order chi connectivity index (χ0) is 88.8. The van der Waals surface area contributed by atoms with Gasteiger partial charge in [-0.15, -0.1) is 13.2 Å². The zero-order valence-corrected chi connectivity index (χ0v) is 71.7. The van der Waals surface area contributed by atoms with Crippen LogP contribution in [0.4, 0.5) is 36.4 Å². The largest absolute Gasteiger partial charge is 0.573 e. The van der Waals surface area contributed by atoms with E-state index in [1.807, 2.05) is 127 Å². The van der Waals surface area contributed by atoms with E-state index in [9.17, 15) is 32.3 Å². The van der Waals surface area contributed by atoms with E-state index in [0.717, 1.165) is 146 Å². The van der Waals surface area contributed by atoms with Crippen molar-refractivity contribution in [2.75, 3.05) is 21.3 Å². The summed E-state index contributed by atoms with van der Waals surface area (Å²) >= 11 is 9.62. The third-order valence-corrected chi connectivity index (χ3v) is 27.1. The summed E-state index contributed by atoms with van der Waals surface area (Å²) in [4.78, 5) is 92.7. The maximum Gasteiger partial charge on any atom is 0.573 e. The highest BCUT2D eigenvalue weighted by Crippen LogP contribution is 2.67. The van der Waals surface area contributed by atoms with Crippen LogP contribution in [0, 0.1) is 0 Å². The van der Waals surface area contributed by atoms with Crippen molar-refractivity contribution in [2.45, 2.75) is 129 Å². The Morgan fingerprint density at radius 1 is 0.379 bits per heavy atom. The number of imidazole rings is 4. The Balaban J connectivity index is 0.0000000946. The van der Waals surface area contributed by atoms with Crippen LogP contribution in [0.1, 0.15) is 141 Å². The molecule has 8 aromatic heterocycles. The summed E-state index contributed by atoms with van der Waals surface area (Å²) in [5.41, 5.74) is 15.1. The smallest absolute Gasteiger partial charge is 0.489 e. The molecule has 0 bridgehead atoms. The standard InChI is InChI=1S/C25H17F3N4O4.C25H20N4O3.C24H17BrN4O3.C24H17ClN4O3/c26-25(27,28)36-12-1-4-15-16(10-12)31-24(30-15)21-20-14-9-11(2-5-17(14)35-22(20)21)34-18-7-8-29-23-13(18)3-6-19(33)32-23;1-29-17-5-3-2-4-16(17)27-25(29)22-21-15-12-13(6-8-18(15)32-23(21)22)31-19-10-11-26-24-14(19)7-9-20(30)28-24;2*25-11-1-4-15-16(9-11)28-24(27-15)21-20-14-10-12(2-5-17(14)32-22(20)21)31-18-7-8-26-23-13(18)3-6-19(30)29-23/h1-2,4-5,7-10,20-22H,3,6H2,(H,30,31)(H,29,32,33);2-6,8,10-12,21-23H,7,9H2,1H3,(H,26,28,30);2*1-2,4-5,7-10,20-22H,3,6H2,(H,27,28)(H,26,29,30). The van der Waals surface area contributed by atoms with Crippen molar-refractivity contribution in [1.29, 1.82) is 0 Å². The number of fused-ring (bicyclic) bond motifs is 20. The molecule has 0 radical (unpaired) electrons. The van der Waals surface area contributed by atoms with Crippen LogP contribution in [-0.2, 0) is 51.9 Å². The number of aromatic nitrogens is 12. The molecule has 0 saturated heterocycles. The van der Waals surface area contributed by atoms with Gasteiger partial charge in [0, 0.05) is 141 Å². The van der Waals surface area contributed by atoms with Crippen LogP contribution in [0.2, 0.25) is 5.02 Å². The number of aromatic amines is 3. The number of benzene rings is 8. The quantitative estimate of drug-likeness (QED) is 0.0564. The number of halogens is 5. The van der Waals surface area contributed by atoms with Crippen molar-refractivity contribution in [1.82, 2.24) is 59.4 Å². The van der Waals surface area contributed by atoms with Gasteiger partial charge in [-0.05, 0) is 183 Å². The van der Waals surface area contributed by atoms with Crippen LogP contribution in [0.5, 0.6) is 74.7 Å². The molecule has 29 nitrogen and oxygen atoms in total. The lowest BCUT2D eigenvalue weighted by Crippen LogP contribution is -2.20. The van der Waals surface area contributed by atoms with Gasteiger partial charge in [0.15, 0.2) is 0 Å². The van der Waals surface area contributed by atoms with E-state index in [2.05, 4.69) is 118 Å². The number of aryl methyl sites for hydroxylation is 1. The molecule has 7 N–H and O–H groups in total. The molecule has 4 fully saturated rings. The van der Waals surface area contributed by atoms with E-state index in [1.54, 1.807) is 30.9 Å². The Kier molecular flexibility index (Phi) is 18.3. The monoisotopic (exact) mass is 1850 g/mol. The van der Waals surface area contributed by atoms with Crippen LogP contribution >= 0.6 is 27.5 Å². The van der Waals surface area contributed by atoms with E-state index in [0.29, 0.717) is 114 Å². The summed E-state index contributed by atoms with van der Waals surface area (Å²) in [7, 11) is 2.07. The molecule has 16 aromatic rings. The molecule has 28 rings (SSSR count). The van der Waals surface area contributed by atoms with Crippen molar-refractivity contribution < 1.29 is 75.0 Å². The van der Waals surface area contributed by atoms with Crippen LogP contribution in [0.25, 0.3) is 44.1 Å². The second-order valence-electron chi connectivity index (χ2n) is 34.4. The molecule has 12 aliphatic rings. The number of para-hydroxylation sites is 2. The van der Waals surface area contributed by atoms with Gasteiger partial charge >= 0.3 is 6.36 Å². The number of anilines is 4. The van der Waals surface area contributed by atoms with Gasteiger partial charge in [0.2, 0.25) is 23.6 Å². The first kappa shape index (κ1) is 79.1. The molecule has 4 amide bonds. The zero-order valence-electron chi connectivity index (χ0n) is 69.4. The second kappa shape index (κ2) is 30.5. The number of ether oxygens (including phenoxy) is 9. The van der Waals surface area contributed by atoms with Crippen molar-refractivity contribution in [3.8, 4) is 74.7 Å². The fraction of sp³-hybridized carbons (Fsp3) is 0.224. The molecule has 656 valence electrons. The van der Waals surface area contributed by atoms with Crippen molar-refractivity contribution in [3.63, 3.8) is 0 Å². The number of amides is 4. The minimum Gasteiger partial charge on any atom is -0.489 e. The number of H-pyrrole nitrogens is 3. The average Bonchev–Trinajstić information content (AvgIpc) is 1.56. The lowest BCUT2D eigenvalue weighted by atomic mass is 10.1. The summed E-state index contributed by atoms with van der Waals surface area (Å²) < 4.78 is 94.5. The normalized spacial score (nSPS) is 22.3. The van der Waals surface area contributed by atoms with Gasteiger partial charge in [-0.3, -0.25) is 19.2 Å². The first-order valence-corrected chi connectivity index (χ1v) is 44.5. The molecular weight excluding hydrogens is 1780 g/mol. The predicted molar refractivity (Wildman–Crippen MR) is 479 cm³/mol. The van der Waals surface area contributed by atoms with Crippen molar-refractivity contribution >= 4 is 119 Å². The maximum atomic E-state index is 12.6. The summed E-state index contributed by atoms with van der Waals surface area (Å²) in [5.74, 6) is 16.1. The molecule has 12 unspecified atom stereocenters. The first-order chi connectivity index (χ1) is 64.3. The van der Waals surface area contributed by atoms with Crippen molar-refractivity contribution in [2.24, 2.45) is 7.05 Å². The number of carbonyl (C=O) groups is 4. The number of alkyl halides is 3. The van der Waals surface area contributed by atoms with Crippen LogP contribution < -0.4 is 63.9 Å². The number of hydrogen-bond acceptors (Lipinski definition) is 21. The first-order valence-electron chi connectivity index (χ1n) is 43.3. The number of hydrogen-bond donors (Lipinski definition) is 7. The number of nitrogens with one attached hydrogen (secondary N) is 7. The Bertz CT molecular complexity index is 7400. The maximum absolute atomic E-state index is 12.6. The minimum absolute atomic E-state index is 0.00964. The Labute approximate surface area is 759 Å². The molecule has 16 heterocycles. The molecule has 4 saturated carbocycles. The molecule has 34 heteroatoms. The predicted octanol–water partition coefficient (Wildman–Crippen LogP) is 19.4. The lowest BCUT2D eigenvalue weighted by molar-refractivity contribution is -0.274. The molecular formula is C98H71BrClF3N16O13. The van der Waals surface area contributed by atoms with Gasteiger partial charge in [-0.25, -0.2) is 39.9 Å². The fourth-order valence-electron chi connectivity index (χ4n) is 20.0. The van der Waals surface area contributed by atoms with E-state index in [1.165, 1.54) is 23.8 Å². The molecule has 4 aliphatic carbocycles. The Morgan fingerprint density at radius 2 is 0.727 bits per heavy atom. The number of carbonyl (C=O) groups excluding carboxylic acids is 4. The molecule has 132 heavy (non-hydrogen) atoms. The third-order valence-electron chi connectivity index (χ3n) is 26.3. The molecule has 8 aromatic carbocycles.